The zero-order valence-corrected chi connectivity index (χ0v) is 9.35. The van der Waals surface area contributed by atoms with Gasteiger partial charge in [-0.25, -0.2) is 0 Å². The fourth-order valence-corrected chi connectivity index (χ4v) is 2.64. The summed E-state index contributed by atoms with van der Waals surface area (Å²) >= 11 is 0. The molecule has 0 radical (unpaired) electrons. The minimum absolute atomic E-state index is 0.146. The summed E-state index contributed by atoms with van der Waals surface area (Å²) in [7, 11) is 2.13. The lowest BCUT2D eigenvalue weighted by Gasteiger charge is -2.20. The van der Waals surface area contributed by atoms with E-state index in [9.17, 15) is 4.79 Å². The van der Waals surface area contributed by atoms with Crippen LogP contribution in [0.25, 0.3) is 0 Å². The first-order valence-corrected chi connectivity index (χ1v) is 5.76. The zero-order valence-electron chi connectivity index (χ0n) is 9.35. The molecule has 0 saturated carbocycles. The Kier molecular flexibility index (Phi) is 3.26. The summed E-state index contributed by atoms with van der Waals surface area (Å²) in [5.74, 6) is 1.04. The number of amides is 1. The summed E-state index contributed by atoms with van der Waals surface area (Å²) in [5, 5.41) is 9.02. The van der Waals surface area contributed by atoms with Crippen LogP contribution in [0.3, 0.4) is 0 Å². The molecule has 1 N–H and O–H groups in total. The molecule has 4 nitrogen and oxygen atoms in total. The van der Waals surface area contributed by atoms with Crippen LogP contribution in [0.2, 0.25) is 0 Å². The van der Waals surface area contributed by atoms with Crippen LogP contribution in [0.1, 0.15) is 12.8 Å². The Hall–Kier alpha value is -0.610. The lowest BCUT2D eigenvalue weighted by Crippen LogP contribution is -2.32. The largest absolute Gasteiger partial charge is 0.396 e. The standard InChI is InChI=1S/C11H20N2O2/c1-12-3-2-9(5-12)6-13-7-10(8-14)4-11(13)15/h9-10,14H,2-8H2,1H3. The van der Waals surface area contributed by atoms with Crippen molar-refractivity contribution in [3.63, 3.8) is 0 Å². The maximum absolute atomic E-state index is 11.6. The first kappa shape index (κ1) is 10.9. The second-order valence-electron chi connectivity index (χ2n) is 4.97. The third-order valence-corrected chi connectivity index (χ3v) is 3.52. The quantitative estimate of drug-likeness (QED) is 0.703. The summed E-state index contributed by atoms with van der Waals surface area (Å²) < 4.78 is 0. The molecule has 2 aliphatic heterocycles. The smallest absolute Gasteiger partial charge is 0.223 e. The van der Waals surface area contributed by atoms with Crippen molar-refractivity contribution in [2.45, 2.75) is 12.8 Å². The molecule has 0 aliphatic carbocycles. The minimum atomic E-state index is 0.146. The van der Waals surface area contributed by atoms with Crippen molar-refractivity contribution in [3.05, 3.63) is 0 Å². The number of aliphatic hydroxyl groups is 1. The van der Waals surface area contributed by atoms with Gasteiger partial charge in [-0.05, 0) is 25.9 Å². The highest BCUT2D eigenvalue weighted by Crippen LogP contribution is 2.22. The highest BCUT2D eigenvalue weighted by atomic mass is 16.3. The number of nitrogens with zero attached hydrogens (tertiary/aromatic N) is 2. The van der Waals surface area contributed by atoms with E-state index in [4.69, 9.17) is 5.11 Å². The molecule has 2 rings (SSSR count). The van der Waals surface area contributed by atoms with Crippen LogP contribution < -0.4 is 0 Å². The van der Waals surface area contributed by atoms with Crippen molar-refractivity contribution >= 4 is 5.91 Å². The van der Waals surface area contributed by atoms with Gasteiger partial charge < -0.3 is 14.9 Å². The Bertz CT molecular complexity index is 245. The summed E-state index contributed by atoms with van der Waals surface area (Å²) in [6.45, 7) is 4.05. The molecule has 2 heterocycles. The summed E-state index contributed by atoms with van der Waals surface area (Å²) in [4.78, 5) is 15.9. The molecule has 0 aromatic carbocycles. The van der Waals surface area contributed by atoms with E-state index in [2.05, 4.69) is 11.9 Å². The van der Waals surface area contributed by atoms with E-state index < -0.39 is 0 Å². The molecule has 4 heteroatoms. The predicted molar refractivity (Wildman–Crippen MR) is 57.4 cm³/mol. The van der Waals surface area contributed by atoms with Gasteiger partial charge >= 0.3 is 0 Å². The van der Waals surface area contributed by atoms with E-state index in [1.807, 2.05) is 4.90 Å². The molecule has 1 amide bonds. The molecule has 0 spiro atoms. The molecule has 2 fully saturated rings. The predicted octanol–water partition coefficient (Wildman–Crippen LogP) is -0.221. The van der Waals surface area contributed by atoms with Gasteiger partial charge in [0, 0.05) is 38.6 Å². The van der Waals surface area contributed by atoms with Gasteiger partial charge in [0.1, 0.15) is 0 Å². The summed E-state index contributed by atoms with van der Waals surface area (Å²) in [6.07, 6.45) is 1.74. The van der Waals surface area contributed by atoms with Crippen LogP contribution in [0.5, 0.6) is 0 Å². The molecule has 86 valence electrons. The fraction of sp³-hybridized carbons (Fsp3) is 0.909. The van der Waals surface area contributed by atoms with E-state index in [1.54, 1.807) is 0 Å². The third kappa shape index (κ3) is 2.49. The van der Waals surface area contributed by atoms with Crippen LogP contribution in [0.4, 0.5) is 0 Å². The average molecular weight is 212 g/mol. The summed E-state index contributed by atoms with van der Waals surface area (Å²) in [5.41, 5.74) is 0. The van der Waals surface area contributed by atoms with Crippen molar-refractivity contribution in [1.82, 2.24) is 9.80 Å². The maximum Gasteiger partial charge on any atom is 0.223 e. The molecule has 2 unspecified atom stereocenters. The Morgan fingerprint density at radius 3 is 2.73 bits per heavy atom. The average Bonchev–Trinajstić information content (AvgIpc) is 2.75. The molecule has 2 saturated heterocycles. The van der Waals surface area contributed by atoms with Crippen molar-refractivity contribution in [1.29, 1.82) is 0 Å². The van der Waals surface area contributed by atoms with Crippen molar-refractivity contribution < 1.29 is 9.90 Å². The molecule has 0 aromatic rings. The second kappa shape index (κ2) is 4.49. The van der Waals surface area contributed by atoms with Crippen LogP contribution in [-0.2, 0) is 4.79 Å². The topological polar surface area (TPSA) is 43.8 Å². The van der Waals surface area contributed by atoms with Crippen LogP contribution in [0, 0.1) is 11.8 Å². The van der Waals surface area contributed by atoms with Gasteiger partial charge in [0.25, 0.3) is 0 Å². The normalized spacial score (nSPS) is 32.9. The highest BCUT2D eigenvalue weighted by molar-refractivity contribution is 5.78. The van der Waals surface area contributed by atoms with Crippen molar-refractivity contribution in [2.75, 3.05) is 39.8 Å². The minimum Gasteiger partial charge on any atom is -0.396 e. The highest BCUT2D eigenvalue weighted by Gasteiger charge is 2.31. The molecule has 15 heavy (non-hydrogen) atoms. The number of hydrogen-bond donors (Lipinski definition) is 1. The van der Waals surface area contributed by atoms with Crippen molar-refractivity contribution in [2.24, 2.45) is 11.8 Å². The van der Waals surface area contributed by atoms with Crippen molar-refractivity contribution in [3.8, 4) is 0 Å². The first-order valence-electron chi connectivity index (χ1n) is 5.76. The number of likely N-dealkylation sites (tertiary alicyclic amines) is 2. The molecule has 2 atom stereocenters. The molecule has 2 aliphatic rings. The lowest BCUT2D eigenvalue weighted by molar-refractivity contribution is -0.128. The molecule has 0 bridgehead atoms. The van der Waals surface area contributed by atoms with E-state index in [-0.39, 0.29) is 18.4 Å². The van der Waals surface area contributed by atoms with Gasteiger partial charge in [-0.3, -0.25) is 4.79 Å². The van der Waals surface area contributed by atoms with Gasteiger partial charge in [0.15, 0.2) is 0 Å². The first-order chi connectivity index (χ1) is 7.19. The third-order valence-electron chi connectivity index (χ3n) is 3.52. The maximum atomic E-state index is 11.6. The van der Waals surface area contributed by atoms with E-state index in [1.165, 1.54) is 6.42 Å². The van der Waals surface area contributed by atoms with Gasteiger partial charge in [-0.15, -0.1) is 0 Å². The monoisotopic (exact) mass is 212 g/mol. The van der Waals surface area contributed by atoms with Crippen LogP contribution >= 0.6 is 0 Å². The van der Waals surface area contributed by atoms with Gasteiger partial charge in [0.2, 0.25) is 5.91 Å². The Balaban J connectivity index is 1.82. The zero-order chi connectivity index (χ0) is 10.8. The number of carbonyl (C=O) groups excluding carboxylic acids is 1. The Morgan fingerprint density at radius 2 is 2.20 bits per heavy atom. The summed E-state index contributed by atoms with van der Waals surface area (Å²) in [6, 6.07) is 0. The number of hydrogen-bond acceptors (Lipinski definition) is 3. The van der Waals surface area contributed by atoms with E-state index >= 15 is 0 Å². The van der Waals surface area contributed by atoms with Crippen LogP contribution in [-0.4, -0.2) is 60.6 Å². The van der Waals surface area contributed by atoms with Crippen LogP contribution in [0.15, 0.2) is 0 Å². The van der Waals surface area contributed by atoms with E-state index in [0.29, 0.717) is 12.3 Å². The molecular formula is C11H20N2O2. The lowest BCUT2D eigenvalue weighted by atomic mass is 10.1. The van der Waals surface area contributed by atoms with Gasteiger partial charge in [-0.1, -0.05) is 0 Å². The second-order valence-corrected chi connectivity index (χ2v) is 4.97. The number of rotatable bonds is 3. The van der Waals surface area contributed by atoms with Gasteiger partial charge in [0.05, 0.1) is 0 Å². The van der Waals surface area contributed by atoms with Gasteiger partial charge in [-0.2, -0.15) is 0 Å². The number of aliphatic hydroxyl groups excluding tert-OH is 1. The molecule has 0 aromatic heterocycles. The van der Waals surface area contributed by atoms with E-state index in [0.717, 1.165) is 26.2 Å². The fourth-order valence-electron chi connectivity index (χ4n) is 2.64. The number of carbonyl (C=O) groups is 1. The molecular weight excluding hydrogens is 192 g/mol. The Labute approximate surface area is 90.9 Å². The SMILES string of the molecule is CN1CCC(CN2CC(CO)CC2=O)C1. The Morgan fingerprint density at radius 1 is 1.40 bits per heavy atom.